The highest BCUT2D eigenvalue weighted by Crippen LogP contribution is 2.24. The molecule has 88 valence electrons. The van der Waals surface area contributed by atoms with Gasteiger partial charge in [0.05, 0.1) is 4.83 Å². The number of amides is 1. The van der Waals surface area contributed by atoms with Crippen LogP contribution in [-0.4, -0.2) is 16.8 Å². The van der Waals surface area contributed by atoms with Gasteiger partial charge in [-0.05, 0) is 24.7 Å². The van der Waals surface area contributed by atoms with E-state index >= 15 is 0 Å². The first-order valence-corrected chi connectivity index (χ1v) is 6.88. The van der Waals surface area contributed by atoms with Crippen LogP contribution in [0.3, 0.4) is 0 Å². The minimum Gasteiger partial charge on any atom is -0.352 e. The summed E-state index contributed by atoms with van der Waals surface area (Å²) in [6.45, 7) is 6.36. The van der Waals surface area contributed by atoms with Crippen LogP contribution in [0.1, 0.15) is 46.5 Å². The number of carbonyl (C=O) groups excluding carboxylic acids is 1. The van der Waals surface area contributed by atoms with Crippen molar-refractivity contribution in [2.75, 3.05) is 0 Å². The van der Waals surface area contributed by atoms with E-state index in [0.717, 1.165) is 6.42 Å². The van der Waals surface area contributed by atoms with Crippen LogP contribution in [0.5, 0.6) is 0 Å². The molecule has 2 nitrogen and oxygen atoms in total. The largest absolute Gasteiger partial charge is 0.352 e. The van der Waals surface area contributed by atoms with Gasteiger partial charge in [0.2, 0.25) is 5.91 Å². The van der Waals surface area contributed by atoms with E-state index in [0.29, 0.717) is 17.9 Å². The highest BCUT2D eigenvalue weighted by molar-refractivity contribution is 9.10. The minimum atomic E-state index is -0.0494. The second-order valence-electron chi connectivity index (χ2n) is 5.02. The lowest BCUT2D eigenvalue weighted by Gasteiger charge is -2.30. The maximum Gasteiger partial charge on any atom is 0.234 e. The Morgan fingerprint density at radius 2 is 1.93 bits per heavy atom. The molecule has 1 aliphatic rings. The molecule has 0 saturated heterocycles. The highest BCUT2D eigenvalue weighted by atomic mass is 79.9. The Labute approximate surface area is 101 Å². The first-order valence-electron chi connectivity index (χ1n) is 5.96. The summed E-state index contributed by atoms with van der Waals surface area (Å²) in [6.07, 6.45) is 4.96. The van der Waals surface area contributed by atoms with Gasteiger partial charge in [0.15, 0.2) is 0 Å². The average Bonchev–Trinajstić information content (AvgIpc) is 2.20. The van der Waals surface area contributed by atoms with E-state index in [1.54, 1.807) is 0 Å². The number of rotatable bonds is 3. The van der Waals surface area contributed by atoms with Crippen LogP contribution in [0.2, 0.25) is 0 Å². The number of nitrogens with one attached hydrogen (secondary N) is 1. The summed E-state index contributed by atoms with van der Waals surface area (Å²) in [5.41, 5.74) is 0. The molecule has 0 heterocycles. The number of carbonyl (C=O) groups is 1. The summed E-state index contributed by atoms with van der Waals surface area (Å²) >= 11 is 3.44. The molecule has 3 atom stereocenters. The first-order chi connectivity index (χ1) is 7.02. The third-order valence-electron chi connectivity index (χ3n) is 3.27. The molecule has 0 aliphatic heterocycles. The van der Waals surface area contributed by atoms with Gasteiger partial charge in [0, 0.05) is 6.04 Å². The Hall–Kier alpha value is -0.0500. The average molecular weight is 276 g/mol. The lowest BCUT2D eigenvalue weighted by atomic mass is 9.86. The maximum absolute atomic E-state index is 11.8. The summed E-state index contributed by atoms with van der Waals surface area (Å²) in [7, 11) is 0. The van der Waals surface area contributed by atoms with Gasteiger partial charge in [-0.3, -0.25) is 4.79 Å². The topological polar surface area (TPSA) is 29.1 Å². The van der Waals surface area contributed by atoms with E-state index in [1.807, 2.05) is 0 Å². The second kappa shape index (κ2) is 5.88. The van der Waals surface area contributed by atoms with Crippen LogP contribution in [-0.2, 0) is 4.79 Å². The molecule has 0 aromatic carbocycles. The van der Waals surface area contributed by atoms with Crippen molar-refractivity contribution in [3.05, 3.63) is 0 Å². The molecule has 1 aliphatic carbocycles. The van der Waals surface area contributed by atoms with Gasteiger partial charge < -0.3 is 5.32 Å². The molecule has 3 heteroatoms. The van der Waals surface area contributed by atoms with E-state index in [1.165, 1.54) is 19.3 Å². The number of hydrogen-bond acceptors (Lipinski definition) is 1. The molecule has 0 aromatic heterocycles. The van der Waals surface area contributed by atoms with Gasteiger partial charge in [0.25, 0.3) is 0 Å². The van der Waals surface area contributed by atoms with Crippen molar-refractivity contribution in [2.45, 2.75) is 57.3 Å². The molecular weight excluding hydrogens is 254 g/mol. The van der Waals surface area contributed by atoms with E-state index in [4.69, 9.17) is 0 Å². The summed E-state index contributed by atoms with van der Waals surface area (Å²) in [5.74, 6) is 1.14. The Morgan fingerprint density at radius 3 is 2.47 bits per heavy atom. The number of alkyl halides is 1. The zero-order chi connectivity index (χ0) is 11.4. The van der Waals surface area contributed by atoms with Crippen molar-refractivity contribution in [2.24, 2.45) is 11.8 Å². The van der Waals surface area contributed by atoms with Crippen molar-refractivity contribution < 1.29 is 4.79 Å². The van der Waals surface area contributed by atoms with Crippen LogP contribution in [0.4, 0.5) is 0 Å². The summed E-state index contributed by atoms with van der Waals surface area (Å²) in [5, 5.41) is 3.16. The Balaban J connectivity index is 2.42. The fraction of sp³-hybridized carbons (Fsp3) is 0.917. The van der Waals surface area contributed by atoms with Crippen molar-refractivity contribution in [1.82, 2.24) is 5.32 Å². The predicted molar refractivity (Wildman–Crippen MR) is 67.1 cm³/mol. The standard InChI is InChI=1S/C12H22BrNO/c1-8(2)11(13)12(15)14-10-7-5-4-6-9(10)3/h8-11H,4-7H2,1-3H3,(H,14,15)/t9-,10+,11+/m0/s1. The van der Waals surface area contributed by atoms with Crippen LogP contribution < -0.4 is 5.32 Å². The second-order valence-corrected chi connectivity index (χ2v) is 6.01. The van der Waals surface area contributed by atoms with Crippen molar-refractivity contribution in [1.29, 1.82) is 0 Å². The smallest absolute Gasteiger partial charge is 0.234 e. The third kappa shape index (κ3) is 3.78. The van der Waals surface area contributed by atoms with Gasteiger partial charge >= 0.3 is 0 Å². The molecule has 0 radical (unpaired) electrons. The summed E-state index contributed by atoms with van der Waals surface area (Å²) < 4.78 is 0. The van der Waals surface area contributed by atoms with Gasteiger partial charge in [-0.1, -0.05) is 49.5 Å². The van der Waals surface area contributed by atoms with Gasteiger partial charge in [-0.15, -0.1) is 0 Å². The van der Waals surface area contributed by atoms with Crippen molar-refractivity contribution >= 4 is 21.8 Å². The van der Waals surface area contributed by atoms with Gasteiger partial charge in [-0.25, -0.2) is 0 Å². The molecule has 1 amide bonds. The van der Waals surface area contributed by atoms with E-state index in [9.17, 15) is 4.79 Å². The minimum absolute atomic E-state index is 0.0494. The molecule has 1 saturated carbocycles. The molecule has 1 fully saturated rings. The SMILES string of the molecule is CC(C)[C@@H](Br)C(=O)N[C@@H]1CCCC[C@@H]1C. The molecular formula is C12H22BrNO. The third-order valence-corrected chi connectivity index (χ3v) is 4.75. The van der Waals surface area contributed by atoms with Crippen molar-refractivity contribution in [3.8, 4) is 0 Å². The van der Waals surface area contributed by atoms with Gasteiger partial charge in [0.1, 0.15) is 0 Å². The number of halogens is 1. The lowest BCUT2D eigenvalue weighted by molar-refractivity contribution is -0.122. The van der Waals surface area contributed by atoms with Crippen LogP contribution in [0, 0.1) is 11.8 Å². The van der Waals surface area contributed by atoms with E-state index in [2.05, 4.69) is 42.0 Å². The molecule has 0 bridgehead atoms. The molecule has 1 N–H and O–H groups in total. The zero-order valence-corrected chi connectivity index (χ0v) is 11.5. The van der Waals surface area contributed by atoms with Crippen LogP contribution in [0.25, 0.3) is 0 Å². The fourth-order valence-electron chi connectivity index (χ4n) is 2.10. The monoisotopic (exact) mass is 275 g/mol. The fourth-order valence-corrected chi connectivity index (χ4v) is 2.23. The number of hydrogen-bond donors (Lipinski definition) is 1. The molecule has 0 unspecified atom stereocenters. The Morgan fingerprint density at radius 1 is 1.33 bits per heavy atom. The Bertz CT molecular complexity index is 218. The summed E-state index contributed by atoms with van der Waals surface area (Å²) in [6, 6.07) is 0.394. The van der Waals surface area contributed by atoms with Crippen molar-refractivity contribution in [3.63, 3.8) is 0 Å². The summed E-state index contributed by atoms with van der Waals surface area (Å²) in [4.78, 5) is 11.8. The van der Waals surface area contributed by atoms with Crippen LogP contribution >= 0.6 is 15.9 Å². The quantitative estimate of drug-likeness (QED) is 0.788. The van der Waals surface area contributed by atoms with Crippen LogP contribution in [0.15, 0.2) is 0 Å². The normalized spacial score (nSPS) is 28.9. The molecule has 0 aromatic rings. The molecule has 0 spiro atoms. The molecule has 15 heavy (non-hydrogen) atoms. The van der Waals surface area contributed by atoms with E-state index < -0.39 is 0 Å². The highest BCUT2D eigenvalue weighted by Gasteiger charge is 2.26. The Kier molecular flexibility index (Phi) is 5.10. The predicted octanol–water partition coefficient (Wildman–Crippen LogP) is 3.10. The molecule has 1 rings (SSSR count). The lowest BCUT2D eigenvalue weighted by Crippen LogP contribution is -2.45. The zero-order valence-electron chi connectivity index (χ0n) is 9.92. The van der Waals surface area contributed by atoms with Gasteiger partial charge in [-0.2, -0.15) is 0 Å². The maximum atomic E-state index is 11.8. The first kappa shape index (κ1) is 13.0. The van der Waals surface area contributed by atoms with E-state index in [-0.39, 0.29) is 10.7 Å².